The van der Waals surface area contributed by atoms with Crippen LogP contribution in [0.15, 0.2) is 24.4 Å². The molecule has 1 aromatic heterocycles. The van der Waals surface area contributed by atoms with Crippen LogP contribution in [0.5, 0.6) is 0 Å². The molecule has 0 atom stereocenters. The monoisotopic (exact) mass is 217 g/mol. The Morgan fingerprint density at radius 1 is 1.47 bits per heavy atom. The average molecular weight is 218 g/mol. The molecule has 0 fully saturated rings. The molecular weight excluding hydrogens is 210 g/mol. The Hall–Kier alpha value is -1.79. The first-order valence-electron chi connectivity index (χ1n) is 4.42. The lowest BCUT2D eigenvalue weighted by Crippen LogP contribution is -1.86. The van der Waals surface area contributed by atoms with Gasteiger partial charge in [-0.3, -0.25) is 0 Å². The standard InChI is InChI=1S/C11H8ClN3/c1-7-6-14-11(15-7)10-3-2-9(12)4-8(10)5-13/h2-4,6H,1H3,(H,14,15). The minimum atomic E-state index is 0.525. The Kier molecular flexibility index (Phi) is 2.44. The number of nitrogens with zero attached hydrogens (tertiary/aromatic N) is 2. The van der Waals surface area contributed by atoms with Gasteiger partial charge in [0.15, 0.2) is 0 Å². The van der Waals surface area contributed by atoms with E-state index in [1.807, 2.05) is 6.92 Å². The molecule has 0 spiro atoms. The van der Waals surface area contributed by atoms with E-state index in [1.54, 1.807) is 24.4 Å². The summed E-state index contributed by atoms with van der Waals surface area (Å²) in [6.07, 6.45) is 1.73. The van der Waals surface area contributed by atoms with Gasteiger partial charge in [0.05, 0.1) is 11.6 Å². The van der Waals surface area contributed by atoms with Gasteiger partial charge in [0.2, 0.25) is 0 Å². The van der Waals surface area contributed by atoms with E-state index in [-0.39, 0.29) is 0 Å². The van der Waals surface area contributed by atoms with Crippen molar-refractivity contribution in [3.05, 3.63) is 40.7 Å². The lowest BCUT2D eigenvalue weighted by molar-refractivity contribution is 1.25. The average Bonchev–Trinajstić information content (AvgIpc) is 2.64. The molecular formula is C11H8ClN3. The summed E-state index contributed by atoms with van der Waals surface area (Å²) >= 11 is 5.81. The van der Waals surface area contributed by atoms with E-state index in [0.717, 1.165) is 11.3 Å². The van der Waals surface area contributed by atoms with E-state index < -0.39 is 0 Å². The second-order valence-corrected chi connectivity index (χ2v) is 3.65. The van der Waals surface area contributed by atoms with Crippen LogP contribution in [0.4, 0.5) is 0 Å². The van der Waals surface area contributed by atoms with Crippen molar-refractivity contribution in [1.29, 1.82) is 5.26 Å². The zero-order valence-electron chi connectivity index (χ0n) is 8.08. The number of aromatic nitrogens is 2. The molecule has 0 aliphatic rings. The third kappa shape index (κ3) is 1.85. The molecule has 1 N–H and O–H groups in total. The van der Waals surface area contributed by atoms with Crippen molar-refractivity contribution in [3.63, 3.8) is 0 Å². The summed E-state index contributed by atoms with van der Waals surface area (Å²) in [6, 6.07) is 7.27. The highest BCUT2D eigenvalue weighted by atomic mass is 35.5. The largest absolute Gasteiger partial charge is 0.342 e. The maximum atomic E-state index is 8.96. The molecule has 1 aromatic carbocycles. The van der Waals surface area contributed by atoms with Crippen LogP contribution in [-0.4, -0.2) is 9.97 Å². The summed E-state index contributed by atoms with van der Waals surface area (Å²) in [6.45, 7) is 1.92. The van der Waals surface area contributed by atoms with Gasteiger partial charge in [-0.05, 0) is 25.1 Å². The third-order valence-electron chi connectivity index (χ3n) is 2.06. The number of aromatic amines is 1. The van der Waals surface area contributed by atoms with Crippen LogP contribution in [-0.2, 0) is 0 Å². The van der Waals surface area contributed by atoms with E-state index in [0.29, 0.717) is 16.4 Å². The molecule has 0 saturated carbocycles. The van der Waals surface area contributed by atoms with Gasteiger partial charge < -0.3 is 4.98 Å². The SMILES string of the molecule is Cc1cnc(-c2ccc(Cl)cc2C#N)[nH]1. The van der Waals surface area contributed by atoms with Gasteiger partial charge in [-0.1, -0.05) is 11.6 Å². The van der Waals surface area contributed by atoms with Gasteiger partial charge in [-0.25, -0.2) is 4.98 Å². The Bertz CT molecular complexity index is 537. The van der Waals surface area contributed by atoms with E-state index >= 15 is 0 Å². The summed E-state index contributed by atoms with van der Waals surface area (Å²) in [5, 5.41) is 9.51. The van der Waals surface area contributed by atoms with Crippen LogP contribution in [0.1, 0.15) is 11.3 Å². The van der Waals surface area contributed by atoms with Gasteiger partial charge in [0.25, 0.3) is 0 Å². The van der Waals surface area contributed by atoms with Crippen LogP contribution in [0, 0.1) is 18.3 Å². The fourth-order valence-electron chi connectivity index (χ4n) is 1.37. The maximum absolute atomic E-state index is 8.96. The molecule has 74 valence electrons. The second-order valence-electron chi connectivity index (χ2n) is 3.22. The summed E-state index contributed by atoms with van der Waals surface area (Å²) < 4.78 is 0. The molecule has 4 heteroatoms. The fraction of sp³-hybridized carbons (Fsp3) is 0.0909. The molecule has 3 nitrogen and oxygen atoms in total. The number of hydrogen-bond acceptors (Lipinski definition) is 2. The minimum Gasteiger partial charge on any atom is -0.342 e. The van der Waals surface area contributed by atoms with Crippen molar-refractivity contribution in [2.75, 3.05) is 0 Å². The van der Waals surface area contributed by atoms with Gasteiger partial charge in [-0.2, -0.15) is 5.26 Å². The van der Waals surface area contributed by atoms with Crippen LogP contribution in [0.3, 0.4) is 0 Å². The highest BCUT2D eigenvalue weighted by Gasteiger charge is 2.07. The summed E-state index contributed by atoms with van der Waals surface area (Å²) in [5.41, 5.74) is 2.26. The summed E-state index contributed by atoms with van der Waals surface area (Å²) in [4.78, 5) is 7.26. The van der Waals surface area contributed by atoms with E-state index in [1.165, 1.54) is 0 Å². The smallest absolute Gasteiger partial charge is 0.138 e. The second kappa shape index (κ2) is 3.76. The number of nitriles is 1. The van der Waals surface area contributed by atoms with Crippen molar-refractivity contribution >= 4 is 11.6 Å². The van der Waals surface area contributed by atoms with Crippen molar-refractivity contribution < 1.29 is 0 Å². The molecule has 1 heterocycles. The molecule has 2 rings (SSSR count). The maximum Gasteiger partial charge on any atom is 0.138 e. The molecule has 0 aliphatic carbocycles. The third-order valence-corrected chi connectivity index (χ3v) is 2.30. The van der Waals surface area contributed by atoms with Crippen molar-refractivity contribution in [3.8, 4) is 17.5 Å². The topological polar surface area (TPSA) is 52.5 Å². The van der Waals surface area contributed by atoms with E-state index in [9.17, 15) is 0 Å². The Balaban J connectivity index is 2.58. The number of H-pyrrole nitrogens is 1. The Labute approximate surface area is 92.3 Å². The number of hydrogen-bond donors (Lipinski definition) is 1. The summed E-state index contributed by atoms with van der Waals surface area (Å²) in [7, 11) is 0. The van der Waals surface area contributed by atoms with Crippen LogP contribution < -0.4 is 0 Å². The van der Waals surface area contributed by atoms with Gasteiger partial charge in [0, 0.05) is 22.5 Å². The summed E-state index contributed by atoms with van der Waals surface area (Å²) in [5.74, 6) is 0.695. The molecule has 0 saturated heterocycles. The molecule has 0 bridgehead atoms. The normalized spacial score (nSPS) is 9.93. The lowest BCUT2D eigenvalue weighted by atomic mass is 10.1. The van der Waals surface area contributed by atoms with Gasteiger partial charge in [0.1, 0.15) is 5.82 Å². The number of imidazole rings is 1. The van der Waals surface area contributed by atoms with Crippen LogP contribution in [0.25, 0.3) is 11.4 Å². The molecule has 0 unspecified atom stereocenters. The predicted molar refractivity (Wildman–Crippen MR) is 58.5 cm³/mol. The van der Waals surface area contributed by atoms with E-state index in [4.69, 9.17) is 16.9 Å². The fourth-order valence-corrected chi connectivity index (χ4v) is 1.54. The van der Waals surface area contributed by atoms with Crippen LogP contribution >= 0.6 is 11.6 Å². The number of aryl methyl sites for hydroxylation is 1. The van der Waals surface area contributed by atoms with Crippen LogP contribution in [0.2, 0.25) is 5.02 Å². The van der Waals surface area contributed by atoms with Gasteiger partial charge in [-0.15, -0.1) is 0 Å². The first-order chi connectivity index (χ1) is 7.20. The number of halogens is 1. The van der Waals surface area contributed by atoms with Gasteiger partial charge >= 0.3 is 0 Å². The number of rotatable bonds is 1. The lowest BCUT2D eigenvalue weighted by Gasteiger charge is -2.00. The van der Waals surface area contributed by atoms with Crippen molar-refractivity contribution in [2.24, 2.45) is 0 Å². The Morgan fingerprint density at radius 3 is 2.87 bits per heavy atom. The minimum absolute atomic E-state index is 0.525. The van der Waals surface area contributed by atoms with Crippen molar-refractivity contribution in [1.82, 2.24) is 9.97 Å². The first-order valence-corrected chi connectivity index (χ1v) is 4.80. The highest BCUT2D eigenvalue weighted by molar-refractivity contribution is 6.30. The molecule has 0 amide bonds. The van der Waals surface area contributed by atoms with Crippen molar-refractivity contribution in [2.45, 2.75) is 6.92 Å². The molecule has 15 heavy (non-hydrogen) atoms. The zero-order valence-corrected chi connectivity index (χ0v) is 8.84. The highest BCUT2D eigenvalue weighted by Crippen LogP contribution is 2.23. The van der Waals surface area contributed by atoms with E-state index in [2.05, 4.69) is 16.0 Å². The quantitative estimate of drug-likeness (QED) is 0.799. The Morgan fingerprint density at radius 2 is 2.27 bits per heavy atom. The number of nitrogens with one attached hydrogen (secondary N) is 1. The zero-order chi connectivity index (χ0) is 10.8. The predicted octanol–water partition coefficient (Wildman–Crippen LogP) is 2.91. The number of benzene rings is 1. The first kappa shape index (κ1) is 9.75. The molecule has 2 aromatic rings. The molecule has 0 aliphatic heterocycles. The molecule has 0 radical (unpaired) electrons.